The summed E-state index contributed by atoms with van der Waals surface area (Å²) in [7, 11) is 0. The van der Waals surface area contributed by atoms with Gasteiger partial charge in [-0.1, -0.05) is 12.1 Å². The number of amides is 1. The van der Waals surface area contributed by atoms with Crippen molar-refractivity contribution in [2.45, 2.75) is 38.6 Å². The highest BCUT2D eigenvalue weighted by molar-refractivity contribution is 7.18. The van der Waals surface area contributed by atoms with Gasteiger partial charge in [0, 0.05) is 17.2 Å². The highest BCUT2D eigenvalue weighted by Crippen LogP contribution is 2.34. The largest absolute Gasteiger partial charge is 0.325 e. The second-order valence-electron chi connectivity index (χ2n) is 7.63. The molecule has 1 saturated heterocycles. The van der Waals surface area contributed by atoms with E-state index in [0.717, 1.165) is 37.1 Å². The average molecular weight is 408 g/mol. The molecule has 5 nitrogen and oxygen atoms in total. The van der Waals surface area contributed by atoms with Gasteiger partial charge in [0.15, 0.2) is 5.78 Å². The number of likely N-dealkylation sites (tertiary alicyclic amines) is 1. The monoisotopic (exact) mass is 407 g/mol. The van der Waals surface area contributed by atoms with E-state index in [-0.39, 0.29) is 17.7 Å². The molecule has 1 aromatic heterocycles. The molecule has 0 radical (unpaired) electrons. The quantitative estimate of drug-likeness (QED) is 0.623. The predicted molar refractivity (Wildman–Crippen MR) is 118 cm³/mol. The predicted octanol–water partition coefficient (Wildman–Crippen LogP) is 4.71. The molecule has 150 valence electrons. The fourth-order valence-corrected chi connectivity index (χ4v) is 4.94. The Bertz CT molecular complexity index is 987. The molecule has 2 aromatic carbocycles. The summed E-state index contributed by atoms with van der Waals surface area (Å²) in [6.45, 7) is 5.27. The molecule has 29 heavy (non-hydrogen) atoms. The molecule has 0 bridgehead atoms. The van der Waals surface area contributed by atoms with Crippen molar-refractivity contribution in [2.75, 3.05) is 18.4 Å². The normalized spacial score (nSPS) is 16.6. The zero-order valence-corrected chi connectivity index (χ0v) is 17.5. The van der Waals surface area contributed by atoms with E-state index in [2.05, 4.69) is 28.4 Å². The summed E-state index contributed by atoms with van der Waals surface area (Å²) < 4.78 is 1.24. The second-order valence-corrected chi connectivity index (χ2v) is 8.69. The fourth-order valence-electron chi connectivity index (χ4n) is 3.80. The van der Waals surface area contributed by atoms with Gasteiger partial charge in [0.2, 0.25) is 5.91 Å². The number of Topliss-reactive ketones (excluding diaryl/α,β-unsaturated/α-hetero) is 1. The molecule has 1 aliphatic heterocycles. The molecule has 0 spiro atoms. The third-order valence-corrected chi connectivity index (χ3v) is 6.87. The molecule has 3 aromatic rings. The van der Waals surface area contributed by atoms with Crippen LogP contribution in [0.15, 0.2) is 48.5 Å². The number of nitrogens with zero attached hydrogens (tertiary/aromatic N) is 2. The number of nitrogens with one attached hydrogen (secondary N) is 1. The van der Waals surface area contributed by atoms with E-state index in [9.17, 15) is 9.59 Å². The fraction of sp³-hybridized carbons (Fsp3) is 0.348. The molecule has 1 aliphatic rings. The standard InChI is InChI=1S/C23H25N3O2S/c1-15(22(28)24-19-9-7-17(8-10-19)16(2)27)26-13-11-18(12-14-26)23-25-20-5-3-4-6-21(20)29-23/h3-10,15,18H,11-14H2,1-2H3,(H,24,28)/t15-/m1/s1. The molecule has 1 atom stereocenters. The molecule has 2 heterocycles. The van der Waals surface area contributed by atoms with Gasteiger partial charge in [-0.15, -0.1) is 11.3 Å². The summed E-state index contributed by atoms with van der Waals surface area (Å²) in [5.41, 5.74) is 2.45. The number of fused-ring (bicyclic) bond motifs is 1. The van der Waals surface area contributed by atoms with Gasteiger partial charge in [0.05, 0.1) is 21.3 Å². The third-order valence-electron chi connectivity index (χ3n) is 5.68. The second kappa shape index (κ2) is 8.43. The van der Waals surface area contributed by atoms with Gasteiger partial charge < -0.3 is 5.32 Å². The Morgan fingerprint density at radius 2 is 1.79 bits per heavy atom. The van der Waals surface area contributed by atoms with Crippen molar-refractivity contribution in [3.63, 3.8) is 0 Å². The number of anilines is 1. The highest BCUT2D eigenvalue weighted by atomic mass is 32.1. The topological polar surface area (TPSA) is 62.3 Å². The Hall–Kier alpha value is -2.57. The zero-order valence-electron chi connectivity index (χ0n) is 16.7. The molecule has 0 unspecified atom stereocenters. The maximum Gasteiger partial charge on any atom is 0.241 e. The molecule has 0 saturated carbocycles. The van der Waals surface area contributed by atoms with Crippen molar-refractivity contribution in [1.29, 1.82) is 0 Å². The lowest BCUT2D eigenvalue weighted by Gasteiger charge is -2.34. The van der Waals surface area contributed by atoms with Gasteiger partial charge in [-0.05, 0) is 76.2 Å². The van der Waals surface area contributed by atoms with Crippen LogP contribution in [0.2, 0.25) is 0 Å². The van der Waals surface area contributed by atoms with E-state index in [4.69, 9.17) is 4.98 Å². The van der Waals surface area contributed by atoms with Crippen LogP contribution in [0.4, 0.5) is 5.69 Å². The zero-order chi connectivity index (χ0) is 20.4. The number of hydrogen-bond donors (Lipinski definition) is 1. The van der Waals surface area contributed by atoms with E-state index in [1.165, 1.54) is 16.6 Å². The Labute approximate surface area is 174 Å². The average Bonchev–Trinajstić information content (AvgIpc) is 3.18. The summed E-state index contributed by atoms with van der Waals surface area (Å²) >= 11 is 1.79. The molecular weight excluding hydrogens is 382 g/mol. The Balaban J connectivity index is 1.33. The van der Waals surface area contributed by atoms with E-state index < -0.39 is 0 Å². The molecule has 1 fully saturated rings. The van der Waals surface area contributed by atoms with Gasteiger partial charge in [0.25, 0.3) is 0 Å². The van der Waals surface area contributed by atoms with Crippen molar-refractivity contribution in [1.82, 2.24) is 9.88 Å². The molecule has 0 aliphatic carbocycles. The number of thiazole rings is 1. The number of ketones is 1. The lowest BCUT2D eigenvalue weighted by Crippen LogP contribution is -2.45. The number of aromatic nitrogens is 1. The van der Waals surface area contributed by atoms with Crippen LogP contribution in [0.5, 0.6) is 0 Å². The van der Waals surface area contributed by atoms with E-state index in [0.29, 0.717) is 11.5 Å². The minimum Gasteiger partial charge on any atom is -0.325 e. The lowest BCUT2D eigenvalue weighted by atomic mass is 9.96. The van der Waals surface area contributed by atoms with Crippen LogP contribution in [0.3, 0.4) is 0 Å². The van der Waals surface area contributed by atoms with Crippen LogP contribution in [0.1, 0.15) is 48.0 Å². The summed E-state index contributed by atoms with van der Waals surface area (Å²) in [5, 5.41) is 4.18. The summed E-state index contributed by atoms with van der Waals surface area (Å²) in [4.78, 5) is 31.1. The maximum absolute atomic E-state index is 12.7. The number of carbonyl (C=O) groups excluding carboxylic acids is 2. The van der Waals surface area contributed by atoms with Gasteiger partial charge in [0.1, 0.15) is 0 Å². The van der Waals surface area contributed by atoms with Crippen LogP contribution < -0.4 is 5.32 Å². The first kappa shape index (κ1) is 19.7. The summed E-state index contributed by atoms with van der Waals surface area (Å²) in [5.74, 6) is 0.476. The van der Waals surface area contributed by atoms with Crippen molar-refractivity contribution in [3.8, 4) is 0 Å². The van der Waals surface area contributed by atoms with Gasteiger partial charge >= 0.3 is 0 Å². The SMILES string of the molecule is CC(=O)c1ccc(NC(=O)[C@@H](C)N2CCC(c3nc4ccccc4s3)CC2)cc1. The van der Waals surface area contributed by atoms with Crippen LogP contribution in [0.25, 0.3) is 10.2 Å². The Morgan fingerprint density at radius 1 is 1.10 bits per heavy atom. The first-order chi connectivity index (χ1) is 14.0. The smallest absolute Gasteiger partial charge is 0.241 e. The van der Waals surface area contributed by atoms with Gasteiger partial charge in [-0.25, -0.2) is 4.98 Å². The van der Waals surface area contributed by atoms with Crippen LogP contribution in [-0.4, -0.2) is 40.7 Å². The van der Waals surface area contributed by atoms with E-state index >= 15 is 0 Å². The van der Waals surface area contributed by atoms with Gasteiger partial charge in [-0.3, -0.25) is 14.5 Å². The number of benzene rings is 2. The lowest BCUT2D eigenvalue weighted by molar-refractivity contribution is -0.121. The van der Waals surface area contributed by atoms with Crippen molar-refractivity contribution >= 4 is 38.9 Å². The van der Waals surface area contributed by atoms with Crippen molar-refractivity contribution in [2.24, 2.45) is 0 Å². The molecule has 6 heteroatoms. The number of para-hydroxylation sites is 1. The number of piperidine rings is 1. The summed E-state index contributed by atoms with van der Waals surface area (Å²) in [6, 6.07) is 15.1. The van der Waals surface area contributed by atoms with Crippen molar-refractivity contribution < 1.29 is 9.59 Å². The first-order valence-corrected chi connectivity index (χ1v) is 10.8. The number of rotatable bonds is 5. The maximum atomic E-state index is 12.7. The van der Waals surface area contributed by atoms with Crippen LogP contribution in [-0.2, 0) is 4.79 Å². The van der Waals surface area contributed by atoms with E-state index in [1.807, 2.05) is 13.0 Å². The summed E-state index contributed by atoms with van der Waals surface area (Å²) in [6.07, 6.45) is 2.04. The first-order valence-electron chi connectivity index (χ1n) is 10.0. The van der Waals surface area contributed by atoms with Gasteiger partial charge in [-0.2, -0.15) is 0 Å². The molecule has 1 amide bonds. The third kappa shape index (κ3) is 4.38. The van der Waals surface area contributed by atoms with Crippen molar-refractivity contribution in [3.05, 3.63) is 59.1 Å². The van der Waals surface area contributed by atoms with E-state index in [1.54, 1.807) is 35.6 Å². The molecular formula is C23H25N3O2S. The highest BCUT2D eigenvalue weighted by Gasteiger charge is 2.28. The van der Waals surface area contributed by atoms with Crippen LogP contribution in [0, 0.1) is 0 Å². The van der Waals surface area contributed by atoms with Crippen LogP contribution >= 0.6 is 11.3 Å². The number of hydrogen-bond acceptors (Lipinski definition) is 5. The Kier molecular flexibility index (Phi) is 5.74. The molecule has 4 rings (SSSR count). The molecule has 1 N–H and O–H groups in total. The minimum absolute atomic E-state index is 0.0148. The minimum atomic E-state index is -0.196. The number of carbonyl (C=O) groups is 2. The Morgan fingerprint density at radius 3 is 2.45 bits per heavy atom.